The highest BCUT2D eigenvalue weighted by molar-refractivity contribution is 5.91. The molecule has 16 heavy (non-hydrogen) atoms. The monoisotopic (exact) mass is 220 g/mol. The first-order chi connectivity index (χ1) is 7.66. The average Bonchev–Trinajstić information content (AvgIpc) is 2.64. The molecule has 1 heterocycles. The number of nitrogens with zero attached hydrogens (tertiary/aromatic N) is 1. The summed E-state index contributed by atoms with van der Waals surface area (Å²) in [6, 6.07) is 3.92. The molecule has 0 bridgehead atoms. The number of hydrogen-bond acceptors (Lipinski definition) is 3. The van der Waals surface area contributed by atoms with Gasteiger partial charge < -0.3 is 10.4 Å². The maximum Gasteiger partial charge on any atom is 0.356 e. The number of carboxylic acids is 1. The van der Waals surface area contributed by atoms with Crippen LogP contribution in [0.5, 0.6) is 0 Å². The minimum atomic E-state index is -0.978. The van der Waals surface area contributed by atoms with E-state index in [1.54, 1.807) is 12.1 Å². The molecule has 1 fully saturated rings. The molecule has 4 nitrogen and oxygen atoms in total. The molecule has 2 rings (SSSR count). The number of nitrogens with one attached hydrogen (secondary N) is 1. The highest BCUT2D eigenvalue weighted by atomic mass is 16.4. The molecule has 2 N–H and O–H groups in total. The lowest BCUT2D eigenvalue weighted by atomic mass is 10.1. The van der Waals surface area contributed by atoms with Gasteiger partial charge in [0.2, 0.25) is 0 Å². The molecule has 0 radical (unpaired) electrons. The molecule has 4 heteroatoms. The van der Waals surface area contributed by atoms with Crippen molar-refractivity contribution in [2.24, 2.45) is 5.92 Å². The number of hydrogen-bond donors (Lipinski definition) is 2. The predicted molar refractivity (Wildman–Crippen MR) is 61.6 cm³/mol. The van der Waals surface area contributed by atoms with E-state index in [9.17, 15) is 4.79 Å². The van der Waals surface area contributed by atoms with Crippen molar-refractivity contribution in [3.05, 3.63) is 24.0 Å². The van der Waals surface area contributed by atoms with Gasteiger partial charge in [0.05, 0.1) is 5.69 Å². The zero-order valence-corrected chi connectivity index (χ0v) is 9.31. The van der Waals surface area contributed by atoms with Crippen LogP contribution < -0.4 is 5.32 Å². The molecule has 0 spiro atoms. The van der Waals surface area contributed by atoms with Gasteiger partial charge in [0.25, 0.3) is 0 Å². The van der Waals surface area contributed by atoms with Crippen LogP contribution in [0.3, 0.4) is 0 Å². The van der Waals surface area contributed by atoms with Crippen LogP contribution >= 0.6 is 0 Å². The van der Waals surface area contributed by atoms with E-state index in [0.29, 0.717) is 11.7 Å². The Hall–Kier alpha value is -1.58. The average molecular weight is 220 g/mol. The molecule has 1 aliphatic carbocycles. The Balaban J connectivity index is 2.12. The minimum absolute atomic E-state index is 0.113. The lowest BCUT2D eigenvalue weighted by Gasteiger charge is -2.15. The first-order valence-corrected chi connectivity index (χ1v) is 5.61. The van der Waals surface area contributed by atoms with Crippen molar-refractivity contribution in [1.29, 1.82) is 0 Å². The summed E-state index contributed by atoms with van der Waals surface area (Å²) in [7, 11) is 0. The topological polar surface area (TPSA) is 62.2 Å². The summed E-state index contributed by atoms with van der Waals surface area (Å²) < 4.78 is 0. The molecule has 0 aliphatic heterocycles. The van der Waals surface area contributed by atoms with Crippen LogP contribution in [0.4, 0.5) is 5.69 Å². The second-order valence-electron chi connectivity index (χ2n) is 4.46. The quantitative estimate of drug-likeness (QED) is 0.821. The fourth-order valence-electron chi connectivity index (χ4n) is 2.25. The van der Waals surface area contributed by atoms with Crippen LogP contribution in [-0.2, 0) is 0 Å². The molecule has 1 aromatic rings. The van der Waals surface area contributed by atoms with Gasteiger partial charge in [-0.3, -0.25) is 0 Å². The third-order valence-electron chi connectivity index (χ3n) is 3.06. The van der Waals surface area contributed by atoms with Crippen molar-refractivity contribution in [3.63, 3.8) is 0 Å². The third kappa shape index (κ3) is 2.32. The standard InChI is InChI=1S/C12H16N2O2/c1-8-4-5-9(7-8)14-10-3-2-6-13-11(10)12(15)16/h2-3,6,8-9,14H,4-5,7H2,1H3,(H,15,16). The molecule has 1 saturated carbocycles. The zero-order chi connectivity index (χ0) is 11.5. The summed E-state index contributed by atoms with van der Waals surface area (Å²) in [5, 5.41) is 12.3. The van der Waals surface area contributed by atoms with Crippen LogP contribution in [0.25, 0.3) is 0 Å². The smallest absolute Gasteiger partial charge is 0.356 e. The lowest BCUT2D eigenvalue weighted by molar-refractivity contribution is 0.0691. The van der Waals surface area contributed by atoms with Gasteiger partial charge in [0, 0.05) is 12.2 Å². The van der Waals surface area contributed by atoms with Crippen molar-refractivity contribution in [3.8, 4) is 0 Å². The molecule has 0 saturated heterocycles. The molecule has 0 amide bonds. The van der Waals surface area contributed by atoms with Crippen LogP contribution in [0.2, 0.25) is 0 Å². The maximum absolute atomic E-state index is 11.0. The number of rotatable bonds is 3. The van der Waals surface area contributed by atoms with E-state index in [-0.39, 0.29) is 5.69 Å². The molecule has 1 aliphatic rings. The van der Waals surface area contributed by atoms with Crippen molar-refractivity contribution in [2.75, 3.05) is 5.32 Å². The summed E-state index contributed by atoms with van der Waals surface area (Å²) >= 11 is 0. The number of pyridine rings is 1. The number of aromatic nitrogens is 1. The zero-order valence-electron chi connectivity index (χ0n) is 9.31. The fourth-order valence-corrected chi connectivity index (χ4v) is 2.25. The van der Waals surface area contributed by atoms with Crippen molar-refractivity contribution in [2.45, 2.75) is 32.2 Å². The highest BCUT2D eigenvalue weighted by Crippen LogP contribution is 2.28. The summed E-state index contributed by atoms with van der Waals surface area (Å²) in [6.45, 7) is 2.23. The molecule has 86 valence electrons. The van der Waals surface area contributed by atoms with Gasteiger partial charge in [-0.15, -0.1) is 0 Å². The second kappa shape index (κ2) is 4.51. The molecule has 2 atom stereocenters. The van der Waals surface area contributed by atoms with Crippen LogP contribution in [0.1, 0.15) is 36.7 Å². The summed E-state index contributed by atoms with van der Waals surface area (Å²) in [6.07, 6.45) is 4.93. The molecular formula is C12H16N2O2. The SMILES string of the molecule is CC1CCC(Nc2cccnc2C(=O)O)C1. The van der Waals surface area contributed by atoms with Gasteiger partial charge in [-0.25, -0.2) is 9.78 Å². The first kappa shape index (κ1) is 10.9. The Morgan fingerprint density at radius 1 is 1.56 bits per heavy atom. The van der Waals surface area contributed by atoms with E-state index in [1.165, 1.54) is 12.6 Å². The Kier molecular flexibility index (Phi) is 3.08. The summed E-state index contributed by atoms with van der Waals surface area (Å²) in [5.74, 6) is -0.253. The Bertz CT molecular complexity index is 392. The number of carboxylic acid groups (broad SMARTS) is 1. The number of aromatic carboxylic acids is 1. The summed E-state index contributed by atoms with van der Waals surface area (Å²) in [5.41, 5.74) is 0.746. The van der Waals surface area contributed by atoms with Gasteiger partial charge in [-0.05, 0) is 37.3 Å². The third-order valence-corrected chi connectivity index (χ3v) is 3.06. The first-order valence-electron chi connectivity index (χ1n) is 5.61. The van der Waals surface area contributed by atoms with E-state index in [1.807, 2.05) is 0 Å². The van der Waals surface area contributed by atoms with E-state index in [2.05, 4.69) is 17.2 Å². The molecule has 2 unspecified atom stereocenters. The normalized spacial score (nSPS) is 24.3. The predicted octanol–water partition coefficient (Wildman–Crippen LogP) is 2.38. The minimum Gasteiger partial charge on any atom is -0.476 e. The Morgan fingerprint density at radius 2 is 2.38 bits per heavy atom. The summed E-state index contributed by atoms with van der Waals surface area (Å²) in [4.78, 5) is 14.8. The lowest BCUT2D eigenvalue weighted by Crippen LogP contribution is -2.18. The Labute approximate surface area is 94.7 Å². The molecule has 0 aromatic carbocycles. The van der Waals surface area contributed by atoms with Gasteiger partial charge >= 0.3 is 5.97 Å². The molecule has 1 aromatic heterocycles. The number of carbonyl (C=O) groups is 1. The van der Waals surface area contributed by atoms with Crippen LogP contribution in [0, 0.1) is 5.92 Å². The second-order valence-corrected chi connectivity index (χ2v) is 4.46. The van der Waals surface area contributed by atoms with E-state index in [4.69, 9.17) is 5.11 Å². The van der Waals surface area contributed by atoms with Gasteiger partial charge in [-0.1, -0.05) is 6.92 Å². The van der Waals surface area contributed by atoms with Crippen LogP contribution in [0.15, 0.2) is 18.3 Å². The van der Waals surface area contributed by atoms with Gasteiger partial charge in [-0.2, -0.15) is 0 Å². The Morgan fingerprint density at radius 3 is 3.00 bits per heavy atom. The highest BCUT2D eigenvalue weighted by Gasteiger charge is 2.22. The van der Waals surface area contributed by atoms with Gasteiger partial charge in [0.1, 0.15) is 0 Å². The largest absolute Gasteiger partial charge is 0.476 e. The van der Waals surface area contributed by atoms with Crippen molar-refractivity contribution < 1.29 is 9.90 Å². The van der Waals surface area contributed by atoms with Crippen molar-refractivity contribution in [1.82, 2.24) is 4.98 Å². The van der Waals surface area contributed by atoms with E-state index >= 15 is 0 Å². The van der Waals surface area contributed by atoms with Crippen LogP contribution in [-0.4, -0.2) is 22.1 Å². The fraction of sp³-hybridized carbons (Fsp3) is 0.500. The number of anilines is 1. The van der Waals surface area contributed by atoms with E-state index < -0.39 is 5.97 Å². The van der Waals surface area contributed by atoms with Gasteiger partial charge in [0.15, 0.2) is 5.69 Å². The maximum atomic E-state index is 11.0. The van der Waals surface area contributed by atoms with Crippen molar-refractivity contribution >= 4 is 11.7 Å². The molecular weight excluding hydrogens is 204 g/mol. The van der Waals surface area contributed by atoms with E-state index in [0.717, 1.165) is 18.8 Å².